The van der Waals surface area contributed by atoms with Crippen molar-refractivity contribution in [1.82, 2.24) is 19.1 Å². The Morgan fingerprint density at radius 1 is 1.06 bits per heavy atom. The zero-order valence-electron chi connectivity index (χ0n) is 19.0. The van der Waals surface area contributed by atoms with E-state index in [1.165, 1.54) is 16.8 Å². The summed E-state index contributed by atoms with van der Waals surface area (Å²) in [6, 6.07) is 18.7. The van der Waals surface area contributed by atoms with Crippen LogP contribution in [0.3, 0.4) is 0 Å². The van der Waals surface area contributed by atoms with Crippen LogP contribution >= 0.6 is 11.6 Å². The molecule has 5 aromatic rings. The van der Waals surface area contributed by atoms with Gasteiger partial charge in [0.2, 0.25) is 5.67 Å². The van der Waals surface area contributed by atoms with Gasteiger partial charge in [0.15, 0.2) is 0 Å². The minimum atomic E-state index is -2.13. The van der Waals surface area contributed by atoms with Crippen molar-refractivity contribution in [3.05, 3.63) is 117 Å². The first-order valence-electron chi connectivity index (χ1n) is 10.8. The number of alkyl halides is 1. The van der Waals surface area contributed by atoms with Crippen molar-refractivity contribution < 1.29 is 4.39 Å². The molecule has 0 radical (unpaired) electrons. The Kier molecular flexibility index (Phi) is 5.50. The maximum atomic E-state index is 17.3. The predicted octanol–water partition coefficient (Wildman–Crippen LogP) is 5.23. The van der Waals surface area contributed by atoms with Crippen molar-refractivity contribution in [2.24, 2.45) is 14.1 Å². The second kappa shape index (κ2) is 8.53. The third-order valence-electron chi connectivity index (χ3n) is 6.19. The van der Waals surface area contributed by atoms with E-state index in [4.69, 9.17) is 23.0 Å². The second-order valence-corrected chi connectivity index (χ2v) is 8.74. The second-order valence-electron chi connectivity index (χ2n) is 8.30. The van der Waals surface area contributed by atoms with E-state index in [2.05, 4.69) is 10.9 Å². The summed E-state index contributed by atoms with van der Waals surface area (Å²) in [7, 11) is 3.39. The summed E-state index contributed by atoms with van der Waals surface area (Å²) in [5.74, 6) is 2.61. The van der Waals surface area contributed by atoms with Gasteiger partial charge in [0.1, 0.15) is 0 Å². The molecule has 0 fully saturated rings. The molecule has 0 saturated carbocycles. The zero-order chi connectivity index (χ0) is 24.7. The molecule has 0 amide bonds. The molecule has 1 atom stereocenters. The molecular weight excluding hydrogens is 463 g/mol. The molecule has 3 aromatic heterocycles. The molecule has 0 aliphatic rings. The van der Waals surface area contributed by atoms with Gasteiger partial charge in [-0.25, -0.2) is 14.4 Å². The number of hydrogen-bond donors (Lipinski definition) is 0. The molecule has 3 heterocycles. The van der Waals surface area contributed by atoms with Crippen LogP contribution in [0.1, 0.15) is 22.5 Å². The average molecular weight is 483 g/mol. The normalized spacial score (nSPS) is 12.9. The van der Waals surface area contributed by atoms with E-state index in [0.717, 1.165) is 5.56 Å². The molecule has 172 valence electrons. The number of terminal acetylenes is 1. The van der Waals surface area contributed by atoms with Gasteiger partial charge in [-0.2, -0.15) is 0 Å². The van der Waals surface area contributed by atoms with Gasteiger partial charge >= 0.3 is 0 Å². The topological polar surface area (TPSA) is 52.7 Å². The van der Waals surface area contributed by atoms with E-state index in [1.807, 2.05) is 18.2 Å². The number of nitrogens with zero attached hydrogens (tertiary/aromatic N) is 4. The van der Waals surface area contributed by atoms with E-state index in [9.17, 15) is 4.79 Å². The minimum absolute atomic E-state index is 0.156. The fourth-order valence-electron chi connectivity index (χ4n) is 4.31. The van der Waals surface area contributed by atoms with Gasteiger partial charge in [0.25, 0.3) is 5.56 Å². The minimum Gasteiger partial charge on any atom is -0.334 e. The molecule has 0 aliphatic heterocycles. The number of rotatable bonds is 4. The molecule has 0 aliphatic carbocycles. The van der Waals surface area contributed by atoms with E-state index in [0.29, 0.717) is 38.4 Å². The van der Waals surface area contributed by atoms with E-state index in [1.54, 1.807) is 67.5 Å². The highest BCUT2D eigenvalue weighted by atomic mass is 35.5. The number of aryl methyl sites for hydroxylation is 2. The summed E-state index contributed by atoms with van der Waals surface area (Å²) in [6.45, 7) is 0. The maximum Gasteiger partial charge on any atom is 0.251 e. The highest BCUT2D eigenvalue weighted by Gasteiger charge is 2.41. The summed E-state index contributed by atoms with van der Waals surface area (Å²) < 4.78 is 20.4. The number of halogens is 2. The number of imidazole rings is 1. The lowest BCUT2D eigenvalue weighted by Crippen LogP contribution is -2.28. The van der Waals surface area contributed by atoms with Crippen LogP contribution in [0.5, 0.6) is 0 Å². The summed E-state index contributed by atoms with van der Waals surface area (Å²) in [6.07, 6.45) is 8.62. The predicted molar refractivity (Wildman–Crippen MR) is 136 cm³/mol. The maximum absolute atomic E-state index is 17.3. The molecule has 7 heteroatoms. The Morgan fingerprint density at radius 2 is 1.83 bits per heavy atom. The summed E-state index contributed by atoms with van der Waals surface area (Å²) in [4.78, 5) is 21.7. The van der Waals surface area contributed by atoms with Gasteiger partial charge in [-0.3, -0.25) is 4.79 Å². The highest BCUT2D eigenvalue weighted by molar-refractivity contribution is 6.30. The van der Waals surface area contributed by atoms with Crippen LogP contribution in [0.15, 0.2) is 84.0 Å². The van der Waals surface area contributed by atoms with Crippen LogP contribution in [0.4, 0.5) is 4.39 Å². The first kappa shape index (κ1) is 22.6. The summed E-state index contributed by atoms with van der Waals surface area (Å²) >= 11 is 6.09. The number of aromatic nitrogens is 4. The van der Waals surface area contributed by atoms with Crippen LogP contribution in [0.2, 0.25) is 5.02 Å². The lowest BCUT2D eigenvalue weighted by Gasteiger charge is -2.26. The summed E-state index contributed by atoms with van der Waals surface area (Å²) in [5, 5.41) is 0.498. The molecule has 5 nitrogen and oxygen atoms in total. The SMILES string of the molecule is C#Cc1cccc(-c2cc(=O)n(C)c3ccc([C@](F)(c4ccc(Cl)cc4)c4cncn4C)nc23)c1. The van der Waals surface area contributed by atoms with E-state index in [-0.39, 0.29) is 11.3 Å². The molecule has 0 unspecified atom stereocenters. The van der Waals surface area contributed by atoms with Crippen molar-refractivity contribution in [3.8, 4) is 23.5 Å². The van der Waals surface area contributed by atoms with Crippen molar-refractivity contribution in [3.63, 3.8) is 0 Å². The standard InChI is InChI=1S/C28H20ClFN4O/c1-4-18-6-5-7-19(14-18)22-15-26(35)34(3)23-12-13-24(32-27(22)23)28(30,25-16-31-17-33(25)2)20-8-10-21(29)11-9-20/h1,5-17H,2-3H3/t28-/m1/s1. The largest absolute Gasteiger partial charge is 0.334 e. The number of hydrogen-bond acceptors (Lipinski definition) is 3. The number of pyridine rings is 2. The fourth-order valence-corrected chi connectivity index (χ4v) is 4.44. The molecule has 0 bridgehead atoms. The number of benzene rings is 2. The number of fused-ring (bicyclic) bond motifs is 1. The van der Waals surface area contributed by atoms with Gasteiger partial charge in [0.05, 0.1) is 34.9 Å². The van der Waals surface area contributed by atoms with Gasteiger partial charge in [-0.1, -0.05) is 41.8 Å². The van der Waals surface area contributed by atoms with Gasteiger partial charge in [-0.15, -0.1) is 6.42 Å². The lowest BCUT2D eigenvalue weighted by molar-refractivity contribution is 0.260. The molecule has 5 rings (SSSR count). The molecule has 35 heavy (non-hydrogen) atoms. The Bertz CT molecular complexity index is 1680. The molecular formula is C28H20ClFN4O. The van der Waals surface area contributed by atoms with E-state index >= 15 is 4.39 Å². The first-order valence-corrected chi connectivity index (χ1v) is 11.2. The average Bonchev–Trinajstić information content (AvgIpc) is 3.32. The molecule has 2 aromatic carbocycles. The molecule has 0 saturated heterocycles. The Hall–Kier alpha value is -4.21. The van der Waals surface area contributed by atoms with Crippen molar-refractivity contribution in [2.75, 3.05) is 0 Å². The van der Waals surface area contributed by atoms with Crippen LogP contribution in [0.25, 0.3) is 22.2 Å². The lowest BCUT2D eigenvalue weighted by atomic mass is 9.88. The quantitative estimate of drug-likeness (QED) is 0.330. The fraction of sp³-hybridized carbons (Fsp3) is 0.107. The zero-order valence-corrected chi connectivity index (χ0v) is 19.8. The Morgan fingerprint density at radius 3 is 2.51 bits per heavy atom. The van der Waals surface area contributed by atoms with Gasteiger partial charge in [0, 0.05) is 41.9 Å². The third-order valence-corrected chi connectivity index (χ3v) is 6.45. The monoisotopic (exact) mass is 482 g/mol. The Labute approximate surface area is 206 Å². The van der Waals surface area contributed by atoms with Crippen LogP contribution in [0, 0.1) is 12.3 Å². The van der Waals surface area contributed by atoms with Crippen molar-refractivity contribution in [1.29, 1.82) is 0 Å². The molecule has 0 spiro atoms. The van der Waals surface area contributed by atoms with Crippen molar-refractivity contribution in [2.45, 2.75) is 5.67 Å². The molecule has 0 N–H and O–H groups in total. The van der Waals surface area contributed by atoms with Crippen LogP contribution < -0.4 is 5.56 Å². The van der Waals surface area contributed by atoms with Crippen LogP contribution in [-0.2, 0) is 19.8 Å². The van der Waals surface area contributed by atoms with E-state index < -0.39 is 5.67 Å². The highest BCUT2D eigenvalue weighted by Crippen LogP contribution is 2.41. The first-order chi connectivity index (χ1) is 16.8. The summed E-state index contributed by atoms with van der Waals surface area (Å²) in [5.41, 5.74) is 1.52. The smallest absolute Gasteiger partial charge is 0.251 e. The van der Waals surface area contributed by atoms with Crippen molar-refractivity contribution >= 4 is 22.6 Å². The van der Waals surface area contributed by atoms with Crippen LogP contribution in [-0.4, -0.2) is 19.1 Å². The Balaban J connectivity index is 1.84. The van der Waals surface area contributed by atoms with Gasteiger partial charge in [-0.05, 0) is 42.0 Å². The third kappa shape index (κ3) is 3.71. The van der Waals surface area contributed by atoms with Gasteiger partial charge < -0.3 is 9.13 Å².